The molecule has 1 fully saturated rings. The first-order valence-corrected chi connectivity index (χ1v) is 6.55. The van der Waals surface area contributed by atoms with Gasteiger partial charge in [0, 0.05) is 31.1 Å². The van der Waals surface area contributed by atoms with Gasteiger partial charge in [0.1, 0.15) is 0 Å². The highest BCUT2D eigenvalue weighted by molar-refractivity contribution is 5.80. The second-order valence-corrected chi connectivity index (χ2v) is 4.71. The van der Waals surface area contributed by atoms with Crippen molar-refractivity contribution < 1.29 is 14.6 Å². The maximum absolute atomic E-state index is 11.4. The largest absolute Gasteiger partial charge is 0.504 e. The van der Waals surface area contributed by atoms with Crippen LogP contribution >= 0.6 is 0 Å². The van der Waals surface area contributed by atoms with Crippen LogP contribution in [0, 0.1) is 5.92 Å². The van der Waals surface area contributed by atoms with Gasteiger partial charge in [-0.05, 0) is 18.9 Å². The van der Waals surface area contributed by atoms with E-state index in [4.69, 9.17) is 4.74 Å². The van der Waals surface area contributed by atoms with Crippen molar-refractivity contribution in [3.63, 3.8) is 0 Å². The van der Waals surface area contributed by atoms with Gasteiger partial charge in [0.2, 0.25) is 5.91 Å². The van der Waals surface area contributed by atoms with Crippen molar-refractivity contribution in [1.29, 1.82) is 0 Å². The average molecular weight is 264 g/mol. The molecule has 3 N–H and O–H groups in total. The first kappa shape index (κ1) is 13.7. The van der Waals surface area contributed by atoms with E-state index in [-0.39, 0.29) is 17.6 Å². The summed E-state index contributed by atoms with van der Waals surface area (Å²) in [4.78, 5) is 11.4. The van der Waals surface area contributed by atoms with E-state index in [9.17, 15) is 9.90 Å². The SMILES string of the molecule is COc1cccc(CNCCNC(=O)C2CC2)c1O. The Balaban J connectivity index is 1.69. The van der Waals surface area contributed by atoms with E-state index in [1.807, 2.05) is 12.1 Å². The molecular formula is C14H20N2O3. The van der Waals surface area contributed by atoms with Crippen LogP contribution in [0.2, 0.25) is 0 Å². The van der Waals surface area contributed by atoms with Gasteiger partial charge in [-0.2, -0.15) is 0 Å². The van der Waals surface area contributed by atoms with Crippen LogP contribution in [0.5, 0.6) is 11.5 Å². The van der Waals surface area contributed by atoms with Crippen molar-refractivity contribution in [2.45, 2.75) is 19.4 Å². The van der Waals surface area contributed by atoms with Gasteiger partial charge < -0.3 is 20.5 Å². The van der Waals surface area contributed by atoms with Crippen LogP contribution < -0.4 is 15.4 Å². The number of rotatable bonds is 7. The maximum atomic E-state index is 11.4. The predicted octanol–water partition coefficient (Wildman–Crippen LogP) is 1.02. The number of hydrogen-bond donors (Lipinski definition) is 3. The molecule has 1 amide bonds. The molecule has 19 heavy (non-hydrogen) atoms. The van der Waals surface area contributed by atoms with Gasteiger partial charge in [-0.25, -0.2) is 0 Å². The van der Waals surface area contributed by atoms with Gasteiger partial charge in [-0.3, -0.25) is 4.79 Å². The van der Waals surface area contributed by atoms with Gasteiger partial charge in [-0.1, -0.05) is 12.1 Å². The maximum Gasteiger partial charge on any atom is 0.223 e. The van der Waals surface area contributed by atoms with Gasteiger partial charge in [-0.15, -0.1) is 0 Å². The van der Waals surface area contributed by atoms with Crippen molar-refractivity contribution in [3.8, 4) is 11.5 Å². The summed E-state index contributed by atoms with van der Waals surface area (Å²) < 4.78 is 5.04. The molecule has 1 aromatic carbocycles. The Morgan fingerprint density at radius 3 is 2.89 bits per heavy atom. The van der Waals surface area contributed by atoms with Crippen LogP contribution in [0.25, 0.3) is 0 Å². The van der Waals surface area contributed by atoms with Gasteiger partial charge in [0.25, 0.3) is 0 Å². The third-order valence-corrected chi connectivity index (χ3v) is 3.17. The highest BCUT2D eigenvalue weighted by atomic mass is 16.5. The van der Waals surface area contributed by atoms with E-state index in [1.165, 1.54) is 7.11 Å². The number of carbonyl (C=O) groups is 1. The number of carbonyl (C=O) groups excluding carboxylic acids is 1. The molecule has 0 unspecified atom stereocenters. The third kappa shape index (κ3) is 3.86. The zero-order valence-electron chi connectivity index (χ0n) is 11.1. The van der Waals surface area contributed by atoms with E-state index < -0.39 is 0 Å². The molecule has 104 valence electrons. The second kappa shape index (κ2) is 6.43. The number of phenolic OH excluding ortho intramolecular Hbond substituents is 1. The number of ether oxygens (including phenoxy) is 1. The summed E-state index contributed by atoms with van der Waals surface area (Å²) in [5, 5.41) is 15.9. The smallest absolute Gasteiger partial charge is 0.223 e. The molecule has 1 aliphatic rings. The number of para-hydroxylation sites is 1. The quantitative estimate of drug-likeness (QED) is 0.643. The van der Waals surface area contributed by atoms with Crippen LogP contribution in [-0.4, -0.2) is 31.2 Å². The van der Waals surface area contributed by atoms with Crippen LogP contribution in [-0.2, 0) is 11.3 Å². The van der Waals surface area contributed by atoms with E-state index in [2.05, 4.69) is 10.6 Å². The zero-order chi connectivity index (χ0) is 13.7. The van der Waals surface area contributed by atoms with Crippen molar-refractivity contribution in [2.75, 3.05) is 20.2 Å². The van der Waals surface area contributed by atoms with Crippen molar-refractivity contribution >= 4 is 5.91 Å². The van der Waals surface area contributed by atoms with Gasteiger partial charge in [0.05, 0.1) is 7.11 Å². The molecule has 5 nitrogen and oxygen atoms in total. The highest BCUT2D eigenvalue weighted by Gasteiger charge is 2.28. The Kier molecular flexibility index (Phi) is 4.63. The number of aromatic hydroxyl groups is 1. The molecule has 1 saturated carbocycles. The molecule has 1 aromatic rings. The van der Waals surface area contributed by atoms with Crippen LogP contribution in [0.3, 0.4) is 0 Å². The summed E-state index contributed by atoms with van der Waals surface area (Å²) in [6.07, 6.45) is 2.05. The Labute approximate surface area is 113 Å². The molecule has 0 aromatic heterocycles. The third-order valence-electron chi connectivity index (χ3n) is 3.17. The number of hydrogen-bond acceptors (Lipinski definition) is 4. The first-order chi connectivity index (χ1) is 9.22. The van der Waals surface area contributed by atoms with E-state index in [0.717, 1.165) is 18.4 Å². The number of amides is 1. The molecule has 0 saturated heterocycles. The van der Waals surface area contributed by atoms with Crippen molar-refractivity contribution in [1.82, 2.24) is 10.6 Å². The van der Waals surface area contributed by atoms with Crippen LogP contribution in [0.1, 0.15) is 18.4 Å². The minimum atomic E-state index is 0.158. The van der Waals surface area contributed by atoms with E-state index in [1.54, 1.807) is 6.07 Å². The monoisotopic (exact) mass is 264 g/mol. The fourth-order valence-corrected chi connectivity index (χ4v) is 1.86. The Bertz CT molecular complexity index is 444. The molecule has 0 spiro atoms. The summed E-state index contributed by atoms with van der Waals surface area (Å²) in [7, 11) is 1.53. The average Bonchev–Trinajstić information content (AvgIpc) is 3.24. The number of phenols is 1. The van der Waals surface area contributed by atoms with Crippen molar-refractivity contribution in [2.24, 2.45) is 5.92 Å². The lowest BCUT2D eigenvalue weighted by molar-refractivity contribution is -0.122. The molecular weight excluding hydrogens is 244 g/mol. The van der Waals surface area contributed by atoms with Crippen molar-refractivity contribution in [3.05, 3.63) is 23.8 Å². The number of benzene rings is 1. The topological polar surface area (TPSA) is 70.6 Å². The normalized spacial score (nSPS) is 14.2. The van der Waals surface area contributed by atoms with Gasteiger partial charge in [0.15, 0.2) is 11.5 Å². The summed E-state index contributed by atoms with van der Waals surface area (Å²) in [6.45, 7) is 1.83. The lowest BCUT2D eigenvalue weighted by Crippen LogP contribution is -2.32. The number of methoxy groups -OCH3 is 1. The molecule has 2 rings (SSSR count). The van der Waals surface area contributed by atoms with E-state index in [0.29, 0.717) is 25.4 Å². The number of nitrogens with one attached hydrogen (secondary N) is 2. The predicted molar refractivity (Wildman–Crippen MR) is 72.1 cm³/mol. The molecule has 0 bridgehead atoms. The Morgan fingerprint density at radius 1 is 1.42 bits per heavy atom. The first-order valence-electron chi connectivity index (χ1n) is 6.55. The summed E-state index contributed by atoms with van der Waals surface area (Å²) in [5.74, 6) is 1.05. The molecule has 0 aliphatic heterocycles. The molecule has 0 heterocycles. The summed E-state index contributed by atoms with van der Waals surface area (Å²) >= 11 is 0. The summed E-state index contributed by atoms with van der Waals surface area (Å²) in [6, 6.07) is 5.40. The molecule has 1 aliphatic carbocycles. The van der Waals surface area contributed by atoms with Crippen LogP contribution in [0.15, 0.2) is 18.2 Å². The summed E-state index contributed by atoms with van der Waals surface area (Å²) in [5.41, 5.74) is 0.785. The lowest BCUT2D eigenvalue weighted by atomic mass is 10.2. The molecule has 0 atom stereocenters. The minimum Gasteiger partial charge on any atom is -0.504 e. The second-order valence-electron chi connectivity index (χ2n) is 4.71. The Morgan fingerprint density at radius 2 is 2.21 bits per heavy atom. The zero-order valence-corrected chi connectivity index (χ0v) is 11.1. The standard InChI is InChI=1S/C14H20N2O3/c1-19-12-4-2-3-11(13(12)17)9-15-7-8-16-14(18)10-5-6-10/h2-4,10,15,17H,5-9H2,1H3,(H,16,18). The Hall–Kier alpha value is -1.75. The van der Waals surface area contributed by atoms with E-state index >= 15 is 0 Å². The fraction of sp³-hybridized carbons (Fsp3) is 0.500. The highest BCUT2D eigenvalue weighted by Crippen LogP contribution is 2.29. The minimum absolute atomic E-state index is 0.158. The lowest BCUT2D eigenvalue weighted by Gasteiger charge is -2.10. The fourth-order valence-electron chi connectivity index (χ4n) is 1.86. The van der Waals surface area contributed by atoms with Crippen LogP contribution in [0.4, 0.5) is 0 Å². The van der Waals surface area contributed by atoms with Gasteiger partial charge >= 0.3 is 0 Å². The molecule has 5 heteroatoms. The molecule has 0 radical (unpaired) electrons.